The van der Waals surface area contributed by atoms with E-state index in [1.807, 2.05) is 27.7 Å². The van der Waals surface area contributed by atoms with Crippen molar-refractivity contribution in [3.63, 3.8) is 0 Å². The summed E-state index contributed by atoms with van der Waals surface area (Å²) in [5, 5.41) is 1.46. The van der Waals surface area contributed by atoms with E-state index in [1.165, 1.54) is 0 Å². The number of fused-ring (bicyclic) bond motifs is 1. The number of aromatic nitrogens is 1. The molecule has 21 heavy (non-hydrogen) atoms. The summed E-state index contributed by atoms with van der Waals surface area (Å²) in [6.07, 6.45) is 0. The van der Waals surface area contributed by atoms with Crippen LogP contribution in [-0.4, -0.2) is 13.9 Å². The minimum absolute atomic E-state index is 0.185. The summed E-state index contributed by atoms with van der Waals surface area (Å²) >= 11 is 5.98. The van der Waals surface area contributed by atoms with E-state index in [2.05, 4.69) is 9.71 Å². The van der Waals surface area contributed by atoms with Crippen LogP contribution in [0.15, 0.2) is 29.1 Å². The molecule has 0 radical (unpaired) electrons. The molecule has 2 rings (SSSR count). The van der Waals surface area contributed by atoms with Crippen LogP contribution >= 0.6 is 11.6 Å². The molecule has 1 unspecified atom stereocenters. The molecule has 4 nitrogen and oxygen atoms in total. The first-order valence-corrected chi connectivity index (χ1v) is 8.22. The van der Waals surface area contributed by atoms with E-state index in [4.69, 9.17) is 11.6 Å². The normalized spacial score (nSPS) is 15.1. The third-order valence-corrected chi connectivity index (χ3v) is 5.06. The van der Waals surface area contributed by atoms with Gasteiger partial charge >= 0.3 is 0 Å². The van der Waals surface area contributed by atoms with Gasteiger partial charge in [-0.05, 0) is 52.0 Å². The van der Waals surface area contributed by atoms with Gasteiger partial charge in [-0.3, -0.25) is 4.79 Å². The second-order valence-corrected chi connectivity index (χ2v) is 8.44. The Kier molecular flexibility index (Phi) is 4.56. The zero-order valence-electron chi connectivity index (χ0n) is 12.5. The molecule has 0 aliphatic heterocycles. The Labute approximate surface area is 131 Å². The van der Waals surface area contributed by atoms with Crippen LogP contribution < -0.4 is 10.3 Å². The molecule has 0 fully saturated rings. The van der Waals surface area contributed by atoms with E-state index in [1.54, 1.807) is 24.3 Å². The van der Waals surface area contributed by atoms with Crippen LogP contribution in [0.2, 0.25) is 5.02 Å². The maximum absolute atomic E-state index is 12.2. The largest absolute Gasteiger partial charge is 0.322 e. The number of nitrogens with one attached hydrogen (secondary N) is 2. The number of H-pyrrole nitrogens is 1. The molecule has 1 aromatic carbocycles. The number of benzene rings is 1. The van der Waals surface area contributed by atoms with Crippen LogP contribution in [0, 0.1) is 0 Å². The third kappa shape index (κ3) is 3.73. The Morgan fingerprint density at radius 3 is 2.57 bits per heavy atom. The lowest BCUT2D eigenvalue weighted by molar-refractivity contribution is 0.615. The zero-order valence-corrected chi connectivity index (χ0v) is 14.1. The van der Waals surface area contributed by atoms with Crippen molar-refractivity contribution >= 4 is 33.5 Å². The van der Waals surface area contributed by atoms with Crippen molar-refractivity contribution in [2.75, 3.05) is 0 Å². The molecule has 0 bridgehead atoms. The average Bonchev–Trinajstić information content (AvgIpc) is 2.37. The fourth-order valence-corrected chi connectivity index (χ4v) is 2.90. The second kappa shape index (κ2) is 5.91. The van der Waals surface area contributed by atoms with Crippen molar-refractivity contribution in [2.24, 2.45) is 0 Å². The topological polar surface area (TPSA) is 62.0 Å². The first kappa shape index (κ1) is 16.2. The van der Waals surface area contributed by atoms with Gasteiger partial charge in [0, 0.05) is 27.5 Å². The van der Waals surface area contributed by atoms with Gasteiger partial charge < -0.3 is 4.98 Å². The molecule has 2 atom stereocenters. The van der Waals surface area contributed by atoms with Gasteiger partial charge in [-0.15, -0.1) is 0 Å². The molecule has 6 heteroatoms. The summed E-state index contributed by atoms with van der Waals surface area (Å²) in [5.74, 6) is 0. The summed E-state index contributed by atoms with van der Waals surface area (Å²) in [6.45, 7) is 7.47. The fourth-order valence-electron chi connectivity index (χ4n) is 1.92. The van der Waals surface area contributed by atoms with E-state index >= 15 is 0 Å². The van der Waals surface area contributed by atoms with Crippen LogP contribution in [0.5, 0.6) is 0 Å². The van der Waals surface area contributed by atoms with Crippen LogP contribution in [-0.2, 0) is 11.0 Å². The minimum Gasteiger partial charge on any atom is -0.322 e. The molecule has 0 aliphatic carbocycles. The van der Waals surface area contributed by atoms with Crippen LogP contribution in [0.25, 0.3) is 10.9 Å². The lowest BCUT2D eigenvalue weighted by Gasteiger charge is -2.21. The molecule has 0 aliphatic rings. The highest BCUT2D eigenvalue weighted by molar-refractivity contribution is 7.84. The summed E-state index contributed by atoms with van der Waals surface area (Å²) in [7, 11) is -1.24. The first-order chi connectivity index (χ1) is 9.68. The molecule has 114 valence electrons. The van der Waals surface area contributed by atoms with Crippen molar-refractivity contribution in [3.8, 4) is 0 Å². The number of hydrogen-bond donors (Lipinski definition) is 2. The molecule has 0 saturated heterocycles. The molecule has 0 spiro atoms. The molecular weight excluding hydrogens is 308 g/mol. The highest BCUT2D eigenvalue weighted by Crippen LogP contribution is 2.20. The third-order valence-electron chi connectivity index (χ3n) is 3.14. The Morgan fingerprint density at radius 1 is 1.29 bits per heavy atom. The van der Waals surface area contributed by atoms with E-state index in [9.17, 15) is 9.00 Å². The summed E-state index contributed by atoms with van der Waals surface area (Å²) in [4.78, 5) is 15.0. The van der Waals surface area contributed by atoms with Crippen LogP contribution in [0.3, 0.4) is 0 Å². The van der Waals surface area contributed by atoms with Gasteiger partial charge in [-0.2, -0.15) is 0 Å². The molecule has 2 aromatic rings. The summed E-state index contributed by atoms with van der Waals surface area (Å²) < 4.78 is 14.7. The lowest BCUT2D eigenvalue weighted by atomic mass is 10.1. The van der Waals surface area contributed by atoms with E-state index in [0.29, 0.717) is 10.6 Å². The predicted octanol–water partition coefficient (Wildman–Crippen LogP) is 3.29. The summed E-state index contributed by atoms with van der Waals surface area (Å²) in [5.41, 5.74) is 1.09. The Hall–Kier alpha value is -1.17. The van der Waals surface area contributed by atoms with Gasteiger partial charge in [0.1, 0.15) is 0 Å². The quantitative estimate of drug-likeness (QED) is 0.909. The molecule has 2 N–H and O–H groups in total. The van der Waals surface area contributed by atoms with Crippen molar-refractivity contribution in [2.45, 2.75) is 38.5 Å². The number of rotatable bonds is 3. The van der Waals surface area contributed by atoms with Gasteiger partial charge in [0.05, 0.1) is 15.7 Å². The van der Waals surface area contributed by atoms with E-state index in [-0.39, 0.29) is 16.3 Å². The van der Waals surface area contributed by atoms with Gasteiger partial charge in [-0.25, -0.2) is 8.93 Å². The van der Waals surface area contributed by atoms with E-state index < -0.39 is 11.0 Å². The SMILES string of the molecule is C[C@H](NS(=O)C(C)(C)C)c1cc2cc(Cl)ccc2[nH]c1=O. The zero-order chi connectivity index (χ0) is 15.8. The van der Waals surface area contributed by atoms with Gasteiger partial charge in [0.2, 0.25) is 0 Å². The predicted molar refractivity (Wildman–Crippen MR) is 89.0 cm³/mol. The summed E-state index contributed by atoms with van der Waals surface area (Å²) in [6, 6.07) is 6.77. The lowest BCUT2D eigenvalue weighted by Crippen LogP contribution is -2.36. The number of halogens is 1. The Morgan fingerprint density at radius 2 is 1.95 bits per heavy atom. The Balaban J connectivity index is 2.39. The number of hydrogen-bond acceptors (Lipinski definition) is 2. The molecule has 1 heterocycles. The highest BCUT2D eigenvalue weighted by atomic mass is 35.5. The highest BCUT2D eigenvalue weighted by Gasteiger charge is 2.22. The smallest absolute Gasteiger partial charge is 0.253 e. The molecule has 0 amide bonds. The van der Waals surface area contributed by atoms with Crippen LogP contribution in [0.4, 0.5) is 0 Å². The first-order valence-electron chi connectivity index (χ1n) is 6.69. The molecule has 1 aromatic heterocycles. The van der Waals surface area contributed by atoms with Gasteiger partial charge in [-0.1, -0.05) is 11.6 Å². The number of pyridine rings is 1. The van der Waals surface area contributed by atoms with Gasteiger partial charge in [0.25, 0.3) is 5.56 Å². The monoisotopic (exact) mass is 326 g/mol. The fraction of sp³-hybridized carbons (Fsp3) is 0.400. The maximum Gasteiger partial charge on any atom is 0.253 e. The van der Waals surface area contributed by atoms with Crippen molar-refractivity contribution in [1.29, 1.82) is 0 Å². The Bertz CT molecular complexity index is 749. The van der Waals surface area contributed by atoms with Crippen molar-refractivity contribution in [3.05, 3.63) is 45.2 Å². The second-order valence-electron chi connectivity index (χ2n) is 6.01. The molecular formula is C15H19ClN2O2S. The molecule has 0 saturated carbocycles. The van der Waals surface area contributed by atoms with Gasteiger partial charge in [0.15, 0.2) is 0 Å². The van der Waals surface area contributed by atoms with Crippen molar-refractivity contribution < 1.29 is 4.21 Å². The maximum atomic E-state index is 12.2. The minimum atomic E-state index is -1.24. The van der Waals surface area contributed by atoms with Crippen LogP contribution in [0.1, 0.15) is 39.3 Å². The number of aromatic amines is 1. The van der Waals surface area contributed by atoms with Crippen molar-refractivity contribution in [1.82, 2.24) is 9.71 Å². The van der Waals surface area contributed by atoms with E-state index in [0.717, 1.165) is 10.9 Å². The standard InChI is InChI=1S/C15H19ClN2O2S/c1-9(18-21(20)15(2,3)4)12-8-10-7-11(16)5-6-13(10)17-14(12)19/h5-9,18H,1-4H3,(H,17,19)/t9-,21?/m0/s1. The average molecular weight is 327 g/mol.